The Morgan fingerprint density at radius 3 is 2.96 bits per heavy atom. The second kappa shape index (κ2) is 6.76. The van der Waals surface area contributed by atoms with Gasteiger partial charge in [0.2, 0.25) is 0 Å². The Hall–Kier alpha value is -1.79. The van der Waals surface area contributed by atoms with E-state index in [1.165, 1.54) is 23.7 Å². The standard InChI is InChI=1S/C17H24N4O2/c1-11-7-12(2)20-16-15(11)19-10-21(17(16)23)9-14(22)8-13-5-3-4-6-18-13/h7,10,13-14,18,22H,3-6,8-9H2,1-2H3/t13-,14?/m0/s1. The highest BCUT2D eigenvalue weighted by Crippen LogP contribution is 2.14. The van der Waals surface area contributed by atoms with E-state index in [0.29, 0.717) is 23.5 Å². The molecule has 1 aliphatic rings. The molecule has 0 aromatic carbocycles. The Labute approximate surface area is 135 Å². The molecule has 124 valence electrons. The van der Waals surface area contributed by atoms with Gasteiger partial charge >= 0.3 is 0 Å². The van der Waals surface area contributed by atoms with Crippen molar-refractivity contribution < 1.29 is 5.11 Å². The molecular weight excluding hydrogens is 292 g/mol. The fourth-order valence-corrected chi connectivity index (χ4v) is 3.34. The predicted molar refractivity (Wildman–Crippen MR) is 89.5 cm³/mol. The maximum atomic E-state index is 12.6. The predicted octanol–water partition coefficient (Wildman–Crippen LogP) is 1.30. The van der Waals surface area contributed by atoms with Crippen molar-refractivity contribution >= 4 is 11.0 Å². The Morgan fingerprint density at radius 2 is 2.22 bits per heavy atom. The van der Waals surface area contributed by atoms with Gasteiger partial charge in [0.25, 0.3) is 5.56 Å². The number of aryl methyl sites for hydroxylation is 2. The molecule has 23 heavy (non-hydrogen) atoms. The summed E-state index contributed by atoms with van der Waals surface area (Å²) < 4.78 is 1.47. The van der Waals surface area contributed by atoms with E-state index in [2.05, 4.69) is 15.3 Å². The van der Waals surface area contributed by atoms with Crippen molar-refractivity contribution in [3.8, 4) is 0 Å². The van der Waals surface area contributed by atoms with Gasteiger partial charge in [-0.25, -0.2) is 9.97 Å². The zero-order chi connectivity index (χ0) is 16.4. The van der Waals surface area contributed by atoms with Crippen LogP contribution in [-0.4, -0.2) is 38.3 Å². The van der Waals surface area contributed by atoms with E-state index >= 15 is 0 Å². The van der Waals surface area contributed by atoms with Crippen molar-refractivity contribution in [2.75, 3.05) is 6.54 Å². The molecule has 1 fully saturated rings. The molecule has 0 spiro atoms. The van der Waals surface area contributed by atoms with Crippen LogP contribution in [0.25, 0.3) is 11.0 Å². The molecular formula is C17H24N4O2. The number of aliphatic hydroxyl groups excluding tert-OH is 1. The quantitative estimate of drug-likeness (QED) is 0.889. The number of rotatable bonds is 4. The first-order chi connectivity index (χ1) is 11.0. The summed E-state index contributed by atoms with van der Waals surface area (Å²) in [4.78, 5) is 21.3. The third kappa shape index (κ3) is 3.59. The normalized spacial score (nSPS) is 19.9. The van der Waals surface area contributed by atoms with Gasteiger partial charge in [-0.1, -0.05) is 6.42 Å². The Morgan fingerprint density at radius 1 is 1.39 bits per heavy atom. The molecule has 3 rings (SSSR count). The lowest BCUT2D eigenvalue weighted by Gasteiger charge is -2.25. The van der Waals surface area contributed by atoms with Crippen LogP contribution in [0.4, 0.5) is 0 Å². The van der Waals surface area contributed by atoms with E-state index in [1.807, 2.05) is 19.9 Å². The van der Waals surface area contributed by atoms with Crippen LogP contribution in [-0.2, 0) is 6.54 Å². The topological polar surface area (TPSA) is 80.0 Å². The first-order valence-electron chi connectivity index (χ1n) is 8.29. The summed E-state index contributed by atoms with van der Waals surface area (Å²) in [5.41, 5.74) is 2.59. The SMILES string of the molecule is Cc1cc(C)c2ncn(CC(O)C[C@@H]3CCCCN3)c(=O)c2n1. The van der Waals surface area contributed by atoms with Crippen LogP contribution in [0.15, 0.2) is 17.2 Å². The van der Waals surface area contributed by atoms with Crippen LogP contribution < -0.4 is 10.9 Å². The van der Waals surface area contributed by atoms with Crippen molar-refractivity contribution in [3.05, 3.63) is 34.0 Å². The maximum Gasteiger partial charge on any atom is 0.279 e. The molecule has 0 bridgehead atoms. The van der Waals surface area contributed by atoms with Gasteiger partial charge in [-0.3, -0.25) is 9.36 Å². The first-order valence-corrected chi connectivity index (χ1v) is 8.29. The van der Waals surface area contributed by atoms with Gasteiger partial charge in [0.1, 0.15) is 0 Å². The van der Waals surface area contributed by atoms with Gasteiger partial charge in [0.05, 0.1) is 24.5 Å². The average Bonchev–Trinajstić information content (AvgIpc) is 2.51. The van der Waals surface area contributed by atoms with Crippen molar-refractivity contribution in [1.29, 1.82) is 0 Å². The third-order valence-electron chi connectivity index (χ3n) is 4.48. The van der Waals surface area contributed by atoms with E-state index in [9.17, 15) is 9.90 Å². The number of nitrogens with one attached hydrogen (secondary N) is 1. The summed E-state index contributed by atoms with van der Waals surface area (Å²) in [7, 11) is 0. The molecule has 3 heterocycles. The van der Waals surface area contributed by atoms with Gasteiger partial charge in [-0.2, -0.15) is 0 Å². The van der Waals surface area contributed by atoms with Crippen LogP contribution in [0.1, 0.15) is 36.9 Å². The van der Waals surface area contributed by atoms with E-state index < -0.39 is 6.10 Å². The lowest BCUT2D eigenvalue weighted by molar-refractivity contribution is 0.123. The molecule has 0 saturated carbocycles. The minimum Gasteiger partial charge on any atom is -0.391 e. The van der Waals surface area contributed by atoms with Gasteiger partial charge in [-0.05, 0) is 51.3 Å². The molecule has 6 heteroatoms. The summed E-state index contributed by atoms with van der Waals surface area (Å²) in [6.45, 7) is 5.07. The lowest BCUT2D eigenvalue weighted by atomic mass is 9.99. The number of pyridine rings is 1. The number of hydrogen-bond donors (Lipinski definition) is 2. The number of hydrogen-bond acceptors (Lipinski definition) is 5. The zero-order valence-electron chi connectivity index (χ0n) is 13.7. The molecule has 0 amide bonds. The molecule has 1 unspecified atom stereocenters. The van der Waals surface area contributed by atoms with Crippen LogP contribution in [0.2, 0.25) is 0 Å². The summed E-state index contributed by atoms with van der Waals surface area (Å²) in [6, 6.07) is 2.26. The molecule has 1 aliphatic heterocycles. The summed E-state index contributed by atoms with van der Waals surface area (Å²) in [5.74, 6) is 0. The van der Waals surface area contributed by atoms with Crippen LogP contribution in [0.5, 0.6) is 0 Å². The molecule has 0 radical (unpaired) electrons. The van der Waals surface area contributed by atoms with E-state index in [-0.39, 0.29) is 12.1 Å². The molecule has 2 aromatic heterocycles. The second-order valence-electron chi connectivity index (χ2n) is 6.52. The van der Waals surface area contributed by atoms with Gasteiger partial charge in [0.15, 0.2) is 5.52 Å². The van der Waals surface area contributed by atoms with Crippen molar-refractivity contribution in [2.24, 2.45) is 0 Å². The van der Waals surface area contributed by atoms with E-state index in [1.54, 1.807) is 0 Å². The number of nitrogens with zero attached hydrogens (tertiary/aromatic N) is 3. The summed E-state index contributed by atoms with van der Waals surface area (Å²) >= 11 is 0. The van der Waals surface area contributed by atoms with Crippen molar-refractivity contribution in [1.82, 2.24) is 19.9 Å². The molecule has 0 aliphatic carbocycles. The van der Waals surface area contributed by atoms with Crippen LogP contribution >= 0.6 is 0 Å². The van der Waals surface area contributed by atoms with Gasteiger partial charge < -0.3 is 10.4 Å². The van der Waals surface area contributed by atoms with E-state index in [0.717, 1.165) is 24.2 Å². The highest BCUT2D eigenvalue weighted by molar-refractivity contribution is 5.76. The average molecular weight is 316 g/mol. The largest absolute Gasteiger partial charge is 0.391 e. The fourth-order valence-electron chi connectivity index (χ4n) is 3.34. The molecule has 6 nitrogen and oxygen atoms in total. The van der Waals surface area contributed by atoms with Crippen LogP contribution in [0.3, 0.4) is 0 Å². The summed E-state index contributed by atoms with van der Waals surface area (Å²) in [6.07, 6.45) is 5.10. The van der Waals surface area contributed by atoms with Gasteiger partial charge in [-0.15, -0.1) is 0 Å². The highest BCUT2D eigenvalue weighted by Gasteiger charge is 2.18. The fraction of sp³-hybridized carbons (Fsp3) is 0.588. The minimum absolute atomic E-state index is 0.183. The Bertz CT molecular complexity index is 750. The molecule has 2 aromatic rings. The third-order valence-corrected chi connectivity index (χ3v) is 4.48. The summed E-state index contributed by atoms with van der Waals surface area (Å²) in [5, 5.41) is 13.7. The number of piperidine rings is 1. The number of aromatic nitrogens is 3. The lowest BCUT2D eigenvalue weighted by Crippen LogP contribution is -2.38. The van der Waals surface area contributed by atoms with Gasteiger partial charge in [0, 0.05) is 11.7 Å². The molecule has 2 N–H and O–H groups in total. The Kier molecular flexibility index (Phi) is 4.73. The second-order valence-corrected chi connectivity index (χ2v) is 6.52. The molecule has 1 saturated heterocycles. The number of fused-ring (bicyclic) bond motifs is 1. The smallest absolute Gasteiger partial charge is 0.279 e. The minimum atomic E-state index is -0.562. The van der Waals surface area contributed by atoms with Crippen molar-refractivity contribution in [3.63, 3.8) is 0 Å². The number of aliphatic hydroxyl groups is 1. The van der Waals surface area contributed by atoms with Crippen molar-refractivity contribution in [2.45, 2.75) is 58.2 Å². The van der Waals surface area contributed by atoms with Crippen LogP contribution in [0, 0.1) is 13.8 Å². The zero-order valence-corrected chi connectivity index (χ0v) is 13.7. The molecule has 2 atom stereocenters. The monoisotopic (exact) mass is 316 g/mol. The highest BCUT2D eigenvalue weighted by atomic mass is 16.3. The van der Waals surface area contributed by atoms with E-state index in [4.69, 9.17) is 0 Å². The maximum absolute atomic E-state index is 12.6. The Balaban J connectivity index is 1.80. The first kappa shape index (κ1) is 16.1.